The molecular weight excluding hydrogens is 394 g/mol. The van der Waals surface area contributed by atoms with Crippen LogP contribution in [-0.4, -0.2) is 21.2 Å². The van der Waals surface area contributed by atoms with Crippen molar-refractivity contribution >= 4 is 32.4 Å². The van der Waals surface area contributed by atoms with Crippen molar-refractivity contribution in [2.45, 2.75) is 37.7 Å². The Morgan fingerprint density at radius 3 is 2.70 bits per heavy atom. The monoisotopic (exact) mass is 417 g/mol. The van der Waals surface area contributed by atoms with Crippen LogP contribution >= 0.6 is 11.3 Å². The Kier molecular flexibility index (Phi) is 5.34. The highest BCUT2D eigenvalue weighted by atomic mass is 32.1. The van der Waals surface area contributed by atoms with Crippen molar-refractivity contribution in [3.8, 4) is 11.6 Å². The van der Waals surface area contributed by atoms with E-state index in [1.165, 1.54) is 0 Å². The number of nitrogens with zero attached hydrogens (tertiary/aromatic N) is 2. The third kappa shape index (κ3) is 4.15. The molecule has 152 valence electrons. The van der Waals surface area contributed by atoms with Crippen molar-refractivity contribution < 1.29 is 9.84 Å². The lowest BCUT2D eigenvalue weighted by molar-refractivity contribution is 0.119. The highest BCUT2D eigenvalue weighted by Gasteiger charge is 2.24. The van der Waals surface area contributed by atoms with E-state index in [4.69, 9.17) is 4.74 Å². The summed E-state index contributed by atoms with van der Waals surface area (Å²) in [5.74, 6) is 1.65. The van der Waals surface area contributed by atoms with E-state index >= 15 is 0 Å². The van der Waals surface area contributed by atoms with Crippen LogP contribution in [0, 0.1) is 0 Å². The van der Waals surface area contributed by atoms with Crippen LogP contribution in [0.3, 0.4) is 0 Å². The van der Waals surface area contributed by atoms with Crippen molar-refractivity contribution in [1.29, 1.82) is 0 Å². The first-order chi connectivity index (χ1) is 14.7. The van der Waals surface area contributed by atoms with Gasteiger partial charge in [-0.2, -0.15) is 0 Å². The maximum Gasteiger partial charge on any atom is 0.222 e. The Bertz CT molecular complexity index is 1110. The summed E-state index contributed by atoms with van der Waals surface area (Å²) in [5.41, 5.74) is 3.03. The predicted molar refractivity (Wildman–Crippen MR) is 121 cm³/mol. The molecule has 0 bridgehead atoms. The molecule has 5 nitrogen and oxygen atoms in total. The molecule has 0 radical (unpaired) electrons. The van der Waals surface area contributed by atoms with E-state index in [2.05, 4.69) is 27.4 Å². The molecule has 6 heteroatoms. The van der Waals surface area contributed by atoms with Crippen LogP contribution in [0.2, 0.25) is 0 Å². The maximum absolute atomic E-state index is 10.0. The minimum Gasteiger partial charge on any atom is -0.439 e. The molecule has 0 unspecified atom stereocenters. The van der Waals surface area contributed by atoms with Crippen molar-refractivity contribution in [3.63, 3.8) is 0 Å². The molecule has 1 fully saturated rings. The van der Waals surface area contributed by atoms with E-state index in [-0.39, 0.29) is 12.0 Å². The van der Waals surface area contributed by atoms with Crippen LogP contribution < -0.4 is 10.1 Å². The summed E-state index contributed by atoms with van der Waals surface area (Å²) in [4.78, 5) is 9.07. The predicted octanol–water partition coefficient (Wildman–Crippen LogP) is 6.25. The fourth-order valence-electron chi connectivity index (χ4n) is 4.01. The first-order valence-corrected chi connectivity index (χ1v) is 11.1. The summed E-state index contributed by atoms with van der Waals surface area (Å²) in [6.45, 7) is 0. The Hall–Kier alpha value is -2.96. The van der Waals surface area contributed by atoms with Gasteiger partial charge in [-0.25, -0.2) is 9.97 Å². The largest absolute Gasteiger partial charge is 0.439 e. The molecule has 0 aliphatic heterocycles. The average Bonchev–Trinajstić information content (AvgIpc) is 3.18. The highest BCUT2D eigenvalue weighted by Crippen LogP contribution is 2.38. The first-order valence-electron chi connectivity index (χ1n) is 10.3. The van der Waals surface area contributed by atoms with E-state index in [1.807, 2.05) is 48.5 Å². The summed E-state index contributed by atoms with van der Waals surface area (Å²) < 4.78 is 7.28. The number of aromatic nitrogens is 2. The minimum absolute atomic E-state index is 0.232. The van der Waals surface area contributed by atoms with Gasteiger partial charge in [0.05, 0.1) is 16.3 Å². The second kappa shape index (κ2) is 8.42. The zero-order valence-corrected chi connectivity index (χ0v) is 17.3. The molecule has 1 aliphatic carbocycles. The van der Waals surface area contributed by atoms with Gasteiger partial charge in [0.2, 0.25) is 5.88 Å². The molecule has 2 atom stereocenters. The average molecular weight is 418 g/mol. The molecule has 4 aromatic rings. The van der Waals surface area contributed by atoms with Gasteiger partial charge in [0, 0.05) is 17.4 Å². The summed E-state index contributed by atoms with van der Waals surface area (Å²) >= 11 is 1.63. The van der Waals surface area contributed by atoms with Gasteiger partial charge in [0.15, 0.2) is 5.13 Å². The Balaban J connectivity index is 1.30. The molecule has 2 aromatic heterocycles. The summed E-state index contributed by atoms with van der Waals surface area (Å²) in [7, 11) is 0. The Labute approximate surface area is 179 Å². The third-order valence-corrected chi connectivity index (χ3v) is 6.45. The first kappa shape index (κ1) is 19.0. The fourth-order valence-corrected chi connectivity index (χ4v) is 4.90. The number of rotatable bonds is 5. The molecule has 0 spiro atoms. The number of para-hydroxylation sites is 1. The quantitative estimate of drug-likeness (QED) is 0.402. The van der Waals surface area contributed by atoms with E-state index < -0.39 is 0 Å². The van der Waals surface area contributed by atoms with Gasteiger partial charge >= 0.3 is 0 Å². The summed E-state index contributed by atoms with van der Waals surface area (Å²) in [5, 5.41) is 14.3. The maximum atomic E-state index is 10.0. The van der Waals surface area contributed by atoms with Gasteiger partial charge in [-0.15, -0.1) is 0 Å². The molecule has 0 amide bonds. The number of nitrogens with one attached hydrogen (secondary N) is 1. The SMILES string of the molecule is O[C@H]1CCC[C@@H](c2cccnc2Oc2ccc(Nc3nc4ccccc4s3)cc2)C1. The lowest BCUT2D eigenvalue weighted by Gasteiger charge is -2.27. The number of benzene rings is 2. The van der Waals surface area contributed by atoms with Gasteiger partial charge < -0.3 is 15.2 Å². The van der Waals surface area contributed by atoms with Crippen molar-refractivity contribution in [3.05, 3.63) is 72.4 Å². The van der Waals surface area contributed by atoms with E-state index in [0.717, 1.165) is 58.0 Å². The zero-order chi connectivity index (χ0) is 20.3. The van der Waals surface area contributed by atoms with E-state index in [0.29, 0.717) is 5.88 Å². The van der Waals surface area contributed by atoms with Gasteiger partial charge in [0.25, 0.3) is 0 Å². The van der Waals surface area contributed by atoms with Gasteiger partial charge in [-0.05, 0) is 67.6 Å². The molecular formula is C24H23N3O2S. The molecule has 2 N–H and O–H groups in total. The van der Waals surface area contributed by atoms with Crippen LogP contribution in [0.25, 0.3) is 10.2 Å². The summed E-state index contributed by atoms with van der Waals surface area (Å²) in [6, 6.07) is 19.9. The van der Waals surface area contributed by atoms with E-state index in [9.17, 15) is 5.11 Å². The smallest absolute Gasteiger partial charge is 0.222 e. The normalized spacial score (nSPS) is 19.0. The molecule has 0 saturated heterocycles. The third-order valence-electron chi connectivity index (χ3n) is 5.50. The highest BCUT2D eigenvalue weighted by molar-refractivity contribution is 7.22. The summed E-state index contributed by atoms with van der Waals surface area (Å²) in [6.07, 6.45) is 5.27. The number of anilines is 2. The fraction of sp³-hybridized carbons (Fsp3) is 0.250. The molecule has 1 aliphatic rings. The topological polar surface area (TPSA) is 67.3 Å². The number of pyridine rings is 1. The standard InChI is InChI=1S/C24H23N3O2S/c28-18-6-3-5-16(15-18)20-7-4-14-25-23(20)29-19-12-10-17(11-13-19)26-24-27-21-8-1-2-9-22(21)30-24/h1-2,4,7-14,16,18,28H,3,5-6,15H2,(H,26,27)/t16-,18+/m1/s1. The van der Waals surface area contributed by atoms with Crippen LogP contribution in [-0.2, 0) is 0 Å². The number of hydrogen-bond acceptors (Lipinski definition) is 6. The van der Waals surface area contributed by atoms with Crippen LogP contribution in [0.4, 0.5) is 10.8 Å². The van der Waals surface area contributed by atoms with Gasteiger partial charge in [-0.1, -0.05) is 36.0 Å². The number of thiazole rings is 1. The van der Waals surface area contributed by atoms with E-state index in [1.54, 1.807) is 17.5 Å². The van der Waals surface area contributed by atoms with Crippen LogP contribution in [0.5, 0.6) is 11.6 Å². The van der Waals surface area contributed by atoms with Crippen molar-refractivity contribution in [2.75, 3.05) is 5.32 Å². The molecule has 1 saturated carbocycles. The van der Waals surface area contributed by atoms with Crippen molar-refractivity contribution in [2.24, 2.45) is 0 Å². The number of fused-ring (bicyclic) bond motifs is 1. The van der Waals surface area contributed by atoms with Gasteiger partial charge in [0.1, 0.15) is 5.75 Å². The van der Waals surface area contributed by atoms with Crippen LogP contribution in [0.1, 0.15) is 37.2 Å². The Morgan fingerprint density at radius 1 is 1.00 bits per heavy atom. The lowest BCUT2D eigenvalue weighted by atomic mass is 9.83. The molecule has 2 heterocycles. The molecule has 2 aromatic carbocycles. The zero-order valence-electron chi connectivity index (χ0n) is 16.5. The molecule has 5 rings (SSSR count). The van der Waals surface area contributed by atoms with Crippen molar-refractivity contribution in [1.82, 2.24) is 9.97 Å². The second-order valence-electron chi connectivity index (χ2n) is 7.65. The second-order valence-corrected chi connectivity index (χ2v) is 8.68. The Morgan fingerprint density at radius 2 is 1.87 bits per heavy atom. The van der Waals surface area contributed by atoms with Crippen LogP contribution in [0.15, 0.2) is 66.9 Å². The lowest BCUT2D eigenvalue weighted by Crippen LogP contribution is -2.18. The number of hydrogen-bond donors (Lipinski definition) is 2. The minimum atomic E-state index is -0.232. The molecule has 30 heavy (non-hydrogen) atoms. The number of aliphatic hydroxyl groups is 1. The van der Waals surface area contributed by atoms with Gasteiger partial charge in [-0.3, -0.25) is 0 Å². The number of aliphatic hydroxyl groups excluding tert-OH is 1. The number of ether oxygens (including phenoxy) is 1.